The maximum Gasteiger partial charge on any atom is 0.123 e. The lowest BCUT2D eigenvalue weighted by Crippen LogP contribution is -2.23. The van der Waals surface area contributed by atoms with Gasteiger partial charge in [-0.15, -0.1) is 0 Å². The van der Waals surface area contributed by atoms with E-state index in [2.05, 4.69) is 32.2 Å². The van der Waals surface area contributed by atoms with E-state index in [9.17, 15) is 4.39 Å². The molecule has 0 saturated carbocycles. The highest BCUT2D eigenvalue weighted by atomic mass is 19.1. The second-order valence-corrected chi connectivity index (χ2v) is 6.86. The van der Waals surface area contributed by atoms with Crippen molar-refractivity contribution in [2.24, 2.45) is 0 Å². The highest BCUT2D eigenvalue weighted by Crippen LogP contribution is 2.32. The van der Waals surface area contributed by atoms with E-state index in [1.54, 1.807) is 18.3 Å². The van der Waals surface area contributed by atoms with Crippen molar-refractivity contribution in [1.82, 2.24) is 20.1 Å². The number of ether oxygens (including phenoxy) is 1. The summed E-state index contributed by atoms with van der Waals surface area (Å²) in [6.45, 7) is 2.50. The van der Waals surface area contributed by atoms with E-state index >= 15 is 0 Å². The average molecular weight is 366 g/mol. The molecular formula is C21H23FN4O. The van der Waals surface area contributed by atoms with E-state index in [4.69, 9.17) is 4.74 Å². The van der Waals surface area contributed by atoms with Gasteiger partial charge < -0.3 is 4.74 Å². The number of likely N-dealkylation sites (tertiary alicyclic amines) is 1. The van der Waals surface area contributed by atoms with Gasteiger partial charge in [-0.25, -0.2) is 4.39 Å². The Morgan fingerprint density at radius 1 is 1.22 bits per heavy atom. The van der Waals surface area contributed by atoms with Crippen molar-refractivity contribution in [1.29, 1.82) is 0 Å². The molecule has 0 aliphatic carbocycles. The lowest BCUT2D eigenvalue weighted by molar-refractivity contribution is 0.244. The van der Waals surface area contributed by atoms with E-state index in [-0.39, 0.29) is 5.82 Å². The number of halogens is 1. The summed E-state index contributed by atoms with van der Waals surface area (Å²) in [5.74, 6) is 0.419. The minimum Gasteiger partial charge on any atom is -0.493 e. The average Bonchev–Trinajstić information content (AvgIpc) is 3.33. The largest absolute Gasteiger partial charge is 0.493 e. The molecule has 3 heterocycles. The number of pyridine rings is 1. The van der Waals surface area contributed by atoms with Gasteiger partial charge in [0.15, 0.2) is 0 Å². The molecule has 0 bridgehead atoms. The number of nitrogens with zero attached hydrogens (tertiary/aromatic N) is 3. The molecule has 1 aliphatic rings. The van der Waals surface area contributed by atoms with Crippen LogP contribution >= 0.6 is 0 Å². The predicted molar refractivity (Wildman–Crippen MR) is 101 cm³/mol. The van der Waals surface area contributed by atoms with Crippen LogP contribution in [0.15, 0.2) is 54.9 Å². The molecule has 1 saturated heterocycles. The summed E-state index contributed by atoms with van der Waals surface area (Å²) in [6.07, 6.45) is 6.77. The lowest BCUT2D eigenvalue weighted by atomic mass is 10.1. The number of benzene rings is 1. The van der Waals surface area contributed by atoms with E-state index in [1.807, 2.05) is 12.3 Å². The molecule has 27 heavy (non-hydrogen) atoms. The molecule has 0 amide bonds. The Bertz CT molecular complexity index is 850. The van der Waals surface area contributed by atoms with E-state index in [0.717, 1.165) is 37.3 Å². The van der Waals surface area contributed by atoms with E-state index in [1.165, 1.54) is 24.1 Å². The first-order valence-electron chi connectivity index (χ1n) is 9.33. The predicted octanol–water partition coefficient (Wildman–Crippen LogP) is 3.90. The van der Waals surface area contributed by atoms with Crippen molar-refractivity contribution < 1.29 is 9.13 Å². The zero-order valence-corrected chi connectivity index (χ0v) is 15.1. The third-order valence-electron chi connectivity index (χ3n) is 4.92. The summed E-state index contributed by atoms with van der Waals surface area (Å²) in [4.78, 5) is 6.67. The summed E-state index contributed by atoms with van der Waals surface area (Å²) >= 11 is 0. The number of hydrogen-bond acceptors (Lipinski definition) is 4. The minimum absolute atomic E-state index is 0.257. The Morgan fingerprint density at radius 2 is 2.11 bits per heavy atom. The summed E-state index contributed by atoms with van der Waals surface area (Å²) in [5.41, 5.74) is 3.38. The molecule has 0 radical (unpaired) electrons. The molecule has 1 aliphatic heterocycles. The van der Waals surface area contributed by atoms with E-state index < -0.39 is 0 Å². The topological polar surface area (TPSA) is 54.0 Å². The van der Waals surface area contributed by atoms with Crippen molar-refractivity contribution in [2.45, 2.75) is 31.8 Å². The van der Waals surface area contributed by atoms with Crippen LogP contribution in [-0.4, -0.2) is 33.2 Å². The molecule has 2 aromatic heterocycles. The van der Waals surface area contributed by atoms with Crippen LogP contribution in [0.2, 0.25) is 0 Å². The lowest BCUT2D eigenvalue weighted by Gasteiger charge is -2.22. The molecule has 0 spiro atoms. The fraction of sp³-hybridized carbons (Fsp3) is 0.333. The fourth-order valence-corrected chi connectivity index (χ4v) is 3.56. The third kappa shape index (κ3) is 4.52. The number of aromatic nitrogens is 3. The molecule has 1 unspecified atom stereocenters. The van der Waals surface area contributed by atoms with Crippen molar-refractivity contribution in [2.75, 3.05) is 13.2 Å². The summed E-state index contributed by atoms with van der Waals surface area (Å²) in [5, 5.41) is 7.67. The van der Waals surface area contributed by atoms with Gasteiger partial charge in [-0.2, -0.15) is 5.10 Å². The first-order valence-corrected chi connectivity index (χ1v) is 9.33. The molecule has 140 valence electrons. The second kappa shape index (κ2) is 8.31. The van der Waals surface area contributed by atoms with Gasteiger partial charge in [0.25, 0.3) is 0 Å². The van der Waals surface area contributed by atoms with Gasteiger partial charge in [0.2, 0.25) is 0 Å². The number of rotatable bonds is 7. The van der Waals surface area contributed by atoms with Crippen molar-refractivity contribution in [3.8, 4) is 5.75 Å². The van der Waals surface area contributed by atoms with Crippen molar-refractivity contribution in [3.05, 3.63) is 77.6 Å². The van der Waals surface area contributed by atoms with Crippen molar-refractivity contribution in [3.63, 3.8) is 0 Å². The SMILES string of the molecule is Fc1ccc(OCCc2cc(C3CCCN3Cc3cccnc3)n[nH]2)cc1. The maximum absolute atomic E-state index is 12.9. The first-order chi connectivity index (χ1) is 13.3. The Hall–Kier alpha value is -2.73. The van der Waals surface area contributed by atoms with Gasteiger partial charge in [-0.3, -0.25) is 15.0 Å². The molecular weight excluding hydrogens is 343 g/mol. The van der Waals surface area contributed by atoms with Crippen LogP contribution < -0.4 is 4.74 Å². The Kier molecular flexibility index (Phi) is 5.44. The van der Waals surface area contributed by atoms with Gasteiger partial charge in [0.1, 0.15) is 11.6 Å². The van der Waals surface area contributed by atoms with Gasteiger partial charge in [-0.1, -0.05) is 6.07 Å². The standard InChI is InChI=1S/C21H23FN4O/c22-17-5-7-19(8-6-17)27-12-9-18-13-20(25-24-18)21-4-2-11-26(21)15-16-3-1-10-23-14-16/h1,3,5-8,10,13-14,21H,2,4,9,11-12,15H2,(H,24,25). The number of aromatic amines is 1. The number of hydrogen-bond donors (Lipinski definition) is 1. The second-order valence-electron chi connectivity index (χ2n) is 6.86. The van der Waals surface area contributed by atoms with Crippen LogP contribution in [0.3, 0.4) is 0 Å². The summed E-state index contributed by atoms with van der Waals surface area (Å²) < 4.78 is 18.6. The summed E-state index contributed by atoms with van der Waals surface area (Å²) in [7, 11) is 0. The van der Waals surface area contributed by atoms with Crippen LogP contribution in [0.1, 0.15) is 35.8 Å². The molecule has 4 rings (SSSR count). The monoisotopic (exact) mass is 366 g/mol. The Morgan fingerprint density at radius 3 is 2.93 bits per heavy atom. The normalized spacial score (nSPS) is 17.3. The molecule has 1 aromatic carbocycles. The zero-order valence-electron chi connectivity index (χ0n) is 15.1. The van der Waals surface area contributed by atoms with E-state index in [0.29, 0.717) is 18.4 Å². The fourth-order valence-electron chi connectivity index (χ4n) is 3.56. The number of nitrogens with one attached hydrogen (secondary N) is 1. The molecule has 1 fully saturated rings. The molecule has 1 N–H and O–H groups in total. The third-order valence-corrected chi connectivity index (χ3v) is 4.92. The quantitative estimate of drug-likeness (QED) is 0.689. The zero-order chi connectivity index (χ0) is 18.5. The maximum atomic E-state index is 12.9. The van der Waals surface area contributed by atoms with Crippen LogP contribution in [0.5, 0.6) is 5.75 Å². The summed E-state index contributed by atoms with van der Waals surface area (Å²) in [6, 6.07) is 12.7. The van der Waals surface area contributed by atoms with Gasteiger partial charge in [-0.05, 0) is 61.3 Å². The first kappa shape index (κ1) is 17.7. The molecule has 6 heteroatoms. The van der Waals surface area contributed by atoms with Crippen LogP contribution in [-0.2, 0) is 13.0 Å². The Labute approximate surface area is 158 Å². The molecule has 1 atom stereocenters. The van der Waals surface area contributed by atoms with Gasteiger partial charge in [0, 0.05) is 31.1 Å². The van der Waals surface area contributed by atoms with Crippen molar-refractivity contribution >= 4 is 0 Å². The Balaban J connectivity index is 1.33. The van der Waals surface area contributed by atoms with Crippen LogP contribution in [0.4, 0.5) is 4.39 Å². The van der Waals surface area contributed by atoms with Gasteiger partial charge >= 0.3 is 0 Å². The highest BCUT2D eigenvalue weighted by molar-refractivity contribution is 5.22. The molecule has 3 aromatic rings. The molecule has 5 nitrogen and oxygen atoms in total. The van der Waals surface area contributed by atoms with Gasteiger partial charge in [0.05, 0.1) is 18.3 Å². The van der Waals surface area contributed by atoms with Crippen LogP contribution in [0.25, 0.3) is 0 Å². The highest BCUT2D eigenvalue weighted by Gasteiger charge is 2.28. The van der Waals surface area contributed by atoms with Crippen LogP contribution in [0, 0.1) is 5.82 Å². The smallest absolute Gasteiger partial charge is 0.123 e. The number of H-pyrrole nitrogens is 1. The minimum atomic E-state index is -0.257.